The van der Waals surface area contributed by atoms with Crippen LogP contribution >= 0.6 is 0 Å². The molecule has 0 bridgehead atoms. The van der Waals surface area contributed by atoms with Gasteiger partial charge in [-0.15, -0.1) is 0 Å². The molecule has 1 aliphatic rings. The van der Waals surface area contributed by atoms with Gasteiger partial charge in [-0.2, -0.15) is 0 Å². The highest BCUT2D eigenvalue weighted by atomic mass is 16.2. The summed E-state index contributed by atoms with van der Waals surface area (Å²) in [5, 5.41) is 2.89. The highest BCUT2D eigenvalue weighted by Crippen LogP contribution is 2.23. The molecule has 4 unspecified atom stereocenters. The van der Waals surface area contributed by atoms with Crippen molar-refractivity contribution in [3.8, 4) is 0 Å². The van der Waals surface area contributed by atoms with Crippen LogP contribution in [0, 0.1) is 11.8 Å². The van der Waals surface area contributed by atoms with E-state index in [1.807, 2.05) is 11.8 Å². The van der Waals surface area contributed by atoms with Crippen LogP contribution in [0.15, 0.2) is 0 Å². The topological polar surface area (TPSA) is 49.4 Å². The number of nitrogens with zero attached hydrogens (tertiary/aromatic N) is 1. The predicted octanol–water partition coefficient (Wildman–Crippen LogP) is 2.57. The van der Waals surface area contributed by atoms with Gasteiger partial charge >= 0.3 is 0 Å². The Labute approximate surface area is 123 Å². The molecule has 0 radical (unpaired) electrons. The third-order valence-corrected chi connectivity index (χ3v) is 4.38. The van der Waals surface area contributed by atoms with Gasteiger partial charge in [0.25, 0.3) is 0 Å². The second-order valence-electron chi connectivity index (χ2n) is 6.18. The number of hydrogen-bond acceptors (Lipinski definition) is 2. The van der Waals surface area contributed by atoms with E-state index in [9.17, 15) is 9.59 Å². The van der Waals surface area contributed by atoms with E-state index in [4.69, 9.17) is 0 Å². The molecule has 1 N–H and O–H groups in total. The summed E-state index contributed by atoms with van der Waals surface area (Å²) in [5.74, 6) is 0.763. The van der Waals surface area contributed by atoms with Crippen molar-refractivity contribution in [2.75, 3.05) is 6.54 Å². The van der Waals surface area contributed by atoms with Gasteiger partial charge in [-0.1, -0.05) is 47.5 Å². The Balaban J connectivity index is 2.93. The van der Waals surface area contributed by atoms with Crippen LogP contribution in [0.3, 0.4) is 0 Å². The van der Waals surface area contributed by atoms with Crippen LogP contribution in [0.5, 0.6) is 0 Å². The van der Waals surface area contributed by atoms with Crippen molar-refractivity contribution in [3.05, 3.63) is 0 Å². The maximum Gasteiger partial charge on any atom is 0.245 e. The number of hydrogen-bond donors (Lipinski definition) is 1. The Kier molecular flexibility index (Phi) is 6.50. The Morgan fingerprint density at radius 2 is 1.85 bits per heavy atom. The molecule has 0 aliphatic carbocycles. The molecule has 0 aromatic heterocycles. The van der Waals surface area contributed by atoms with Crippen LogP contribution in [0.2, 0.25) is 0 Å². The van der Waals surface area contributed by atoms with Crippen LogP contribution in [-0.2, 0) is 9.59 Å². The standard InChI is InChI=1S/C16H30N2O2/c1-6-9-11(4)10-18-14(12(5)7-2)15(19)17-13(8-3)16(18)20/h11-14H,6-10H2,1-5H3,(H,17,19). The Morgan fingerprint density at radius 1 is 1.20 bits per heavy atom. The third kappa shape index (κ3) is 3.74. The Hall–Kier alpha value is -1.06. The van der Waals surface area contributed by atoms with Gasteiger partial charge in [0.05, 0.1) is 0 Å². The molecule has 1 fully saturated rings. The first-order valence-corrected chi connectivity index (χ1v) is 8.06. The molecule has 0 saturated carbocycles. The lowest BCUT2D eigenvalue weighted by Crippen LogP contribution is -2.65. The minimum Gasteiger partial charge on any atom is -0.343 e. The summed E-state index contributed by atoms with van der Waals surface area (Å²) in [4.78, 5) is 26.8. The molecule has 1 heterocycles. The van der Waals surface area contributed by atoms with Gasteiger partial charge in [-0.3, -0.25) is 9.59 Å². The molecule has 4 heteroatoms. The average molecular weight is 282 g/mol. The second kappa shape index (κ2) is 7.65. The lowest BCUT2D eigenvalue weighted by molar-refractivity contribution is -0.152. The first-order chi connectivity index (χ1) is 9.46. The monoisotopic (exact) mass is 282 g/mol. The minimum atomic E-state index is -0.336. The van der Waals surface area contributed by atoms with Crippen LogP contribution < -0.4 is 5.32 Å². The lowest BCUT2D eigenvalue weighted by atomic mass is 9.91. The first kappa shape index (κ1) is 17.0. The summed E-state index contributed by atoms with van der Waals surface area (Å²) < 4.78 is 0. The molecule has 20 heavy (non-hydrogen) atoms. The Bertz CT molecular complexity index is 343. The smallest absolute Gasteiger partial charge is 0.245 e. The quantitative estimate of drug-likeness (QED) is 0.780. The molecule has 0 spiro atoms. The van der Waals surface area contributed by atoms with E-state index in [0.29, 0.717) is 18.9 Å². The number of piperazine rings is 1. The summed E-state index contributed by atoms with van der Waals surface area (Å²) in [5.41, 5.74) is 0. The summed E-state index contributed by atoms with van der Waals surface area (Å²) in [6, 6.07) is -0.633. The molecule has 116 valence electrons. The van der Waals surface area contributed by atoms with Crippen molar-refractivity contribution in [2.45, 2.75) is 72.4 Å². The summed E-state index contributed by atoms with van der Waals surface area (Å²) in [7, 11) is 0. The van der Waals surface area contributed by atoms with E-state index in [1.165, 1.54) is 0 Å². The van der Waals surface area contributed by atoms with E-state index in [2.05, 4.69) is 33.0 Å². The SMILES string of the molecule is CCCC(C)CN1C(=O)C(CC)NC(=O)C1C(C)CC. The first-order valence-electron chi connectivity index (χ1n) is 8.06. The normalized spacial score (nSPS) is 26.4. The molecular formula is C16H30N2O2. The van der Waals surface area contributed by atoms with E-state index < -0.39 is 0 Å². The van der Waals surface area contributed by atoms with Crippen molar-refractivity contribution in [1.29, 1.82) is 0 Å². The number of rotatable bonds is 7. The molecule has 4 atom stereocenters. The molecule has 0 aromatic carbocycles. The van der Waals surface area contributed by atoms with Gasteiger partial charge in [-0.05, 0) is 24.7 Å². The van der Waals surface area contributed by atoms with Crippen molar-refractivity contribution in [1.82, 2.24) is 10.2 Å². The zero-order valence-electron chi connectivity index (χ0n) is 13.6. The number of amides is 2. The molecule has 1 saturated heterocycles. The molecule has 1 rings (SSSR count). The maximum atomic E-state index is 12.6. The number of nitrogens with one attached hydrogen (secondary N) is 1. The van der Waals surface area contributed by atoms with Gasteiger partial charge in [-0.25, -0.2) is 0 Å². The van der Waals surface area contributed by atoms with Crippen molar-refractivity contribution < 1.29 is 9.59 Å². The van der Waals surface area contributed by atoms with Gasteiger partial charge in [0, 0.05) is 6.54 Å². The predicted molar refractivity (Wildman–Crippen MR) is 81.2 cm³/mol. The average Bonchev–Trinajstić information content (AvgIpc) is 2.42. The van der Waals surface area contributed by atoms with Crippen LogP contribution in [0.25, 0.3) is 0 Å². The van der Waals surface area contributed by atoms with Crippen LogP contribution in [0.4, 0.5) is 0 Å². The van der Waals surface area contributed by atoms with Gasteiger partial charge in [0.1, 0.15) is 12.1 Å². The molecule has 2 amide bonds. The van der Waals surface area contributed by atoms with E-state index >= 15 is 0 Å². The molecular weight excluding hydrogens is 252 g/mol. The maximum absolute atomic E-state index is 12.6. The summed E-state index contributed by atoms with van der Waals surface area (Å²) in [6.45, 7) is 11.1. The van der Waals surface area contributed by atoms with Gasteiger partial charge in [0.2, 0.25) is 11.8 Å². The zero-order chi connectivity index (χ0) is 15.3. The fraction of sp³-hybridized carbons (Fsp3) is 0.875. The van der Waals surface area contributed by atoms with Gasteiger partial charge in [0.15, 0.2) is 0 Å². The fourth-order valence-electron chi connectivity index (χ4n) is 2.99. The van der Waals surface area contributed by atoms with E-state index in [0.717, 1.165) is 19.3 Å². The second-order valence-corrected chi connectivity index (χ2v) is 6.18. The zero-order valence-corrected chi connectivity index (χ0v) is 13.6. The van der Waals surface area contributed by atoms with Crippen molar-refractivity contribution >= 4 is 11.8 Å². The largest absolute Gasteiger partial charge is 0.343 e. The Morgan fingerprint density at radius 3 is 2.35 bits per heavy atom. The van der Waals surface area contributed by atoms with Crippen molar-refractivity contribution in [3.63, 3.8) is 0 Å². The van der Waals surface area contributed by atoms with Crippen LogP contribution in [0.1, 0.15) is 60.3 Å². The minimum absolute atomic E-state index is 0.0227. The molecule has 0 aromatic rings. The van der Waals surface area contributed by atoms with E-state index in [1.54, 1.807) is 0 Å². The number of carbonyl (C=O) groups excluding carboxylic acids is 2. The third-order valence-electron chi connectivity index (χ3n) is 4.38. The van der Waals surface area contributed by atoms with Gasteiger partial charge < -0.3 is 10.2 Å². The lowest BCUT2D eigenvalue weighted by Gasteiger charge is -2.42. The highest BCUT2D eigenvalue weighted by Gasteiger charge is 2.42. The molecule has 1 aliphatic heterocycles. The fourth-order valence-corrected chi connectivity index (χ4v) is 2.99. The highest BCUT2D eigenvalue weighted by molar-refractivity contribution is 5.97. The van der Waals surface area contributed by atoms with E-state index in [-0.39, 0.29) is 29.8 Å². The molecule has 4 nitrogen and oxygen atoms in total. The summed E-state index contributed by atoms with van der Waals surface area (Å²) in [6.07, 6.45) is 3.77. The summed E-state index contributed by atoms with van der Waals surface area (Å²) >= 11 is 0. The number of carbonyl (C=O) groups is 2. The van der Waals surface area contributed by atoms with Crippen LogP contribution in [-0.4, -0.2) is 35.3 Å². The van der Waals surface area contributed by atoms with Crippen molar-refractivity contribution in [2.24, 2.45) is 11.8 Å².